The maximum absolute atomic E-state index is 5.71. The first-order valence-electron chi connectivity index (χ1n) is 13.5. The van der Waals surface area contributed by atoms with E-state index >= 15 is 0 Å². The van der Waals surface area contributed by atoms with Crippen molar-refractivity contribution in [2.75, 3.05) is 64.2 Å². The van der Waals surface area contributed by atoms with E-state index in [9.17, 15) is 0 Å². The molecule has 3 aliphatic rings. The Hall–Kier alpha value is -3.18. The molecule has 10 heteroatoms. The minimum atomic E-state index is 0.302. The van der Waals surface area contributed by atoms with Gasteiger partial charge in [-0.2, -0.15) is 0 Å². The van der Waals surface area contributed by atoms with E-state index < -0.39 is 0 Å². The van der Waals surface area contributed by atoms with Crippen LogP contribution in [0.15, 0.2) is 53.1 Å². The maximum atomic E-state index is 5.71. The van der Waals surface area contributed by atoms with Gasteiger partial charge in [-0.3, -0.25) is 9.80 Å². The molecule has 2 aromatic carbocycles. The van der Waals surface area contributed by atoms with Crippen LogP contribution in [0.2, 0.25) is 0 Å². The monoisotopic (exact) mass is 590 g/mol. The molecule has 0 saturated carbocycles. The number of hydrogen-bond donors (Lipinski definition) is 1. The lowest BCUT2D eigenvalue weighted by atomic mass is 10.1. The topological polar surface area (TPSA) is 79.0 Å². The molecule has 4 aromatic rings. The zero-order valence-electron chi connectivity index (χ0n) is 21.7. The summed E-state index contributed by atoms with van der Waals surface area (Å²) in [4.78, 5) is 20.4. The number of piperazine rings is 1. The number of benzene rings is 2. The third-order valence-corrected chi connectivity index (χ3v) is 8.32. The molecule has 2 aromatic heterocycles. The average molecular weight is 592 g/mol. The molecule has 2 fully saturated rings. The number of para-hydroxylation sites is 1. The summed E-state index contributed by atoms with van der Waals surface area (Å²) in [5.41, 5.74) is 6.35. The van der Waals surface area contributed by atoms with E-state index in [-0.39, 0.29) is 0 Å². The van der Waals surface area contributed by atoms with Gasteiger partial charge in [-0.05, 0) is 27.6 Å². The van der Waals surface area contributed by atoms with Crippen molar-refractivity contribution in [3.05, 3.63) is 64.3 Å². The van der Waals surface area contributed by atoms with E-state index in [0.29, 0.717) is 6.79 Å². The molecule has 0 aliphatic carbocycles. The predicted molar refractivity (Wildman–Crippen MR) is 153 cm³/mol. The van der Waals surface area contributed by atoms with Gasteiger partial charge >= 0.3 is 0 Å². The van der Waals surface area contributed by atoms with Crippen molar-refractivity contribution in [2.24, 2.45) is 0 Å². The minimum absolute atomic E-state index is 0.302. The largest absolute Gasteiger partial charge is 0.454 e. The molecule has 0 bridgehead atoms. The number of fused-ring (bicyclic) bond motifs is 2. The first-order chi connectivity index (χ1) is 19.2. The van der Waals surface area contributed by atoms with Crippen LogP contribution in [0.5, 0.6) is 11.5 Å². The fourth-order valence-corrected chi connectivity index (χ4v) is 6.17. The normalized spacial score (nSPS) is 18.2. The Kier molecular flexibility index (Phi) is 6.86. The number of morpholine rings is 1. The van der Waals surface area contributed by atoms with Gasteiger partial charge in [-0.15, -0.1) is 0 Å². The molecule has 7 rings (SSSR count). The zero-order valence-corrected chi connectivity index (χ0v) is 23.3. The number of halogens is 1. The Morgan fingerprint density at radius 2 is 1.67 bits per heavy atom. The Morgan fingerprint density at radius 3 is 2.49 bits per heavy atom. The summed E-state index contributed by atoms with van der Waals surface area (Å²) in [6.07, 6.45) is 1.88. The van der Waals surface area contributed by atoms with Crippen LogP contribution in [0.4, 0.5) is 5.69 Å². The number of hydrogen-bond acceptors (Lipinski definition) is 8. The average Bonchev–Trinajstić information content (AvgIpc) is 3.63. The van der Waals surface area contributed by atoms with Crippen LogP contribution < -0.4 is 14.4 Å². The van der Waals surface area contributed by atoms with Crippen LogP contribution in [-0.2, 0) is 17.8 Å². The molecule has 5 heterocycles. The Labute approximate surface area is 235 Å². The standard InChI is InChI=1S/C29H31BrN6O3/c30-23-16-31-29-25(32-28(33-29)21-6-4-20(5-7-21)17-35-12-14-37-15-13-35)26(23)36-10-8-34(9-11-36)18-22-2-1-3-24-27(22)39-19-38-24/h1-7,16H,8-15,17-19H2,(H,31,32,33). The number of aromatic amines is 1. The van der Waals surface area contributed by atoms with E-state index in [0.717, 1.165) is 110 Å². The lowest BCUT2D eigenvalue weighted by Gasteiger charge is -2.36. The van der Waals surface area contributed by atoms with Gasteiger partial charge in [0.15, 0.2) is 17.1 Å². The second kappa shape index (κ2) is 10.8. The summed E-state index contributed by atoms with van der Waals surface area (Å²) in [5.74, 6) is 2.57. The van der Waals surface area contributed by atoms with Crippen molar-refractivity contribution >= 4 is 32.8 Å². The molecule has 202 valence electrons. The summed E-state index contributed by atoms with van der Waals surface area (Å²) >= 11 is 3.76. The predicted octanol–water partition coefficient (Wildman–Crippen LogP) is 4.27. The first-order valence-corrected chi connectivity index (χ1v) is 14.3. The van der Waals surface area contributed by atoms with Crippen LogP contribution in [0, 0.1) is 0 Å². The molecule has 2 saturated heterocycles. The van der Waals surface area contributed by atoms with Crippen molar-refractivity contribution in [3.63, 3.8) is 0 Å². The van der Waals surface area contributed by atoms with Crippen LogP contribution in [0.1, 0.15) is 11.1 Å². The third kappa shape index (κ3) is 5.09. The van der Waals surface area contributed by atoms with E-state index in [1.54, 1.807) is 0 Å². The summed E-state index contributed by atoms with van der Waals surface area (Å²) < 4.78 is 17.7. The second-order valence-corrected chi connectivity index (χ2v) is 11.1. The van der Waals surface area contributed by atoms with Gasteiger partial charge in [0.05, 0.1) is 23.4 Å². The summed E-state index contributed by atoms with van der Waals surface area (Å²) in [5, 5.41) is 0. The zero-order chi connectivity index (χ0) is 26.2. The molecule has 0 amide bonds. The van der Waals surface area contributed by atoms with Gasteiger partial charge < -0.3 is 24.1 Å². The Balaban J connectivity index is 1.06. The van der Waals surface area contributed by atoms with Gasteiger partial charge in [0, 0.05) is 69.7 Å². The maximum Gasteiger partial charge on any atom is 0.231 e. The Morgan fingerprint density at radius 1 is 0.872 bits per heavy atom. The number of imidazole rings is 1. The number of pyridine rings is 1. The van der Waals surface area contributed by atoms with Gasteiger partial charge in [-0.1, -0.05) is 36.4 Å². The molecule has 3 aliphatic heterocycles. The molecular weight excluding hydrogens is 560 g/mol. The second-order valence-electron chi connectivity index (χ2n) is 10.2. The smallest absolute Gasteiger partial charge is 0.231 e. The van der Waals surface area contributed by atoms with Gasteiger partial charge in [0.25, 0.3) is 0 Å². The lowest BCUT2D eigenvalue weighted by Crippen LogP contribution is -2.46. The number of ether oxygens (including phenoxy) is 3. The molecular formula is C29H31BrN6O3. The van der Waals surface area contributed by atoms with Crippen molar-refractivity contribution in [1.29, 1.82) is 0 Å². The number of H-pyrrole nitrogens is 1. The number of rotatable bonds is 6. The molecule has 0 radical (unpaired) electrons. The number of aromatic nitrogens is 3. The van der Waals surface area contributed by atoms with Crippen LogP contribution >= 0.6 is 15.9 Å². The fraction of sp³-hybridized carbons (Fsp3) is 0.379. The molecule has 0 atom stereocenters. The highest BCUT2D eigenvalue weighted by molar-refractivity contribution is 9.10. The minimum Gasteiger partial charge on any atom is -0.454 e. The van der Waals surface area contributed by atoms with Crippen molar-refractivity contribution in [2.45, 2.75) is 13.1 Å². The highest BCUT2D eigenvalue weighted by Crippen LogP contribution is 2.37. The number of anilines is 1. The SMILES string of the molecule is Brc1cnc2[nH]c(-c3ccc(CN4CCOCC4)cc3)nc2c1N1CCN(Cc2cccc3c2OCO3)CC1. The van der Waals surface area contributed by atoms with Crippen molar-refractivity contribution in [3.8, 4) is 22.9 Å². The van der Waals surface area contributed by atoms with Crippen LogP contribution in [-0.4, -0.2) is 84.0 Å². The van der Waals surface area contributed by atoms with Crippen LogP contribution in [0.25, 0.3) is 22.6 Å². The highest BCUT2D eigenvalue weighted by atomic mass is 79.9. The van der Waals surface area contributed by atoms with E-state index in [4.69, 9.17) is 19.2 Å². The summed E-state index contributed by atoms with van der Waals surface area (Å²) in [6.45, 7) is 9.41. The first kappa shape index (κ1) is 24.8. The lowest BCUT2D eigenvalue weighted by molar-refractivity contribution is 0.0342. The Bertz CT molecular complexity index is 1460. The molecule has 0 spiro atoms. The van der Waals surface area contributed by atoms with E-state index in [1.165, 1.54) is 11.1 Å². The summed E-state index contributed by atoms with van der Waals surface area (Å²) in [6, 6.07) is 14.8. The fourth-order valence-electron chi connectivity index (χ4n) is 5.63. The third-order valence-electron chi connectivity index (χ3n) is 7.74. The van der Waals surface area contributed by atoms with Gasteiger partial charge in [-0.25, -0.2) is 9.97 Å². The number of nitrogens with zero attached hydrogens (tertiary/aromatic N) is 5. The van der Waals surface area contributed by atoms with E-state index in [1.807, 2.05) is 18.3 Å². The number of nitrogens with one attached hydrogen (secondary N) is 1. The van der Waals surface area contributed by atoms with Gasteiger partial charge in [0.2, 0.25) is 6.79 Å². The van der Waals surface area contributed by atoms with Gasteiger partial charge in [0.1, 0.15) is 11.3 Å². The molecule has 9 nitrogen and oxygen atoms in total. The highest BCUT2D eigenvalue weighted by Gasteiger charge is 2.25. The molecule has 1 N–H and O–H groups in total. The quantitative estimate of drug-likeness (QED) is 0.357. The van der Waals surface area contributed by atoms with Crippen molar-refractivity contribution < 1.29 is 14.2 Å². The van der Waals surface area contributed by atoms with Crippen LogP contribution in [0.3, 0.4) is 0 Å². The molecule has 0 unspecified atom stereocenters. The van der Waals surface area contributed by atoms with Crippen molar-refractivity contribution in [1.82, 2.24) is 24.8 Å². The summed E-state index contributed by atoms with van der Waals surface area (Å²) in [7, 11) is 0. The molecule has 39 heavy (non-hydrogen) atoms. The van der Waals surface area contributed by atoms with E-state index in [2.05, 4.69) is 70.9 Å².